The quantitative estimate of drug-likeness (QED) is 0.844. The maximum absolute atomic E-state index is 11.6. The highest BCUT2D eigenvalue weighted by atomic mass is 32.1. The first-order valence-electron chi connectivity index (χ1n) is 4.79. The summed E-state index contributed by atoms with van der Waals surface area (Å²) in [6.45, 7) is 0.505. The van der Waals surface area contributed by atoms with Crippen molar-refractivity contribution in [1.82, 2.24) is 4.98 Å². The number of nitrogens with zero attached hydrogens (tertiary/aromatic N) is 1. The molecule has 0 aliphatic rings. The fraction of sp³-hybridized carbons (Fsp3) is 0.200. The lowest BCUT2D eigenvalue weighted by Crippen LogP contribution is -2.10. The van der Waals surface area contributed by atoms with Crippen LogP contribution in [0.2, 0.25) is 0 Å². The molecule has 0 fully saturated rings. The van der Waals surface area contributed by atoms with E-state index in [1.54, 1.807) is 6.07 Å². The number of carbonyl (C=O) groups is 1. The van der Waals surface area contributed by atoms with Crippen LogP contribution in [0, 0.1) is 0 Å². The Hall–Kier alpha value is -1.66. The molecular formula is C10H11N3O2S. The predicted molar refractivity (Wildman–Crippen MR) is 61.5 cm³/mol. The molecule has 1 amide bonds. The van der Waals surface area contributed by atoms with Gasteiger partial charge in [0, 0.05) is 6.42 Å². The average Bonchev–Trinajstić information content (AvgIpc) is 2.89. The summed E-state index contributed by atoms with van der Waals surface area (Å²) in [5.74, 6) is -0.212. The maximum atomic E-state index is 11.6. The van der Waals surface area contributed by atoms with Crippen LogP contribution in [0.1, 0.15) is 15.4 Å². The van der Waals surface area contributed by atoms with Gasteiger partial charge in [-0.15, -0.1) is 11.3 Å². The van der Waals surface area contributed by atoms with Crippen molar-refractivity contribution in [3.05, 3.63) is 34.3 Å². The zero-order valence-electron chi connectivity index (χ0n) is 8.47. The molecule has 0 bridgehead atoms. The summed E-state index contributed by atoms with van der Waals surface area (Å²) in [5, 5.41) is 4.41. The minimum absolute atomic E-state index is 0.210. The molecule has 2 heterocycles. The second-order valence-electron chi connectivity index (χ2n) is 3.11. The van der Waals surface area contributed by atoms with Gasteiger partial charge in [0.25, 0.3) is 5.91 Å². The van der Waals surface area contributed by atoms with E-state index in [1.165, 1.54) is 17.6 Å². The lowest BCUT2D eigenvalue weighted by Gasteiger charge is -1.96. The van der Waals surface area contributed by atoms with E-state index in [4.69, 9.17) is 10.2 Å². The lowest BCUT2D eigenvalue weighted by molar-refractivity contribution is 0.102. The second-order valence-corrected chi connectivity index (χ2v) is 4.06. The number of hydrogen-bond acceptors (Lipinski definition) is 5. The van der Waals surface area contributed by atoms with Crippen molar-refractivity contribution in [3.63, 3.8) is 0 Å². The summed E-state index contributed by atoms with van der Waals surface area (Å²) >= 11 is 1.37. The van der Waals surface area contributed by atoms with Crippen molar-refractivity contribution in [1.29, 1.82) is 0 Å². The van der Waals surface area contributed by atoms with Gasteiger partial charge in [-0.05, 0) is 18.0 Å². The van der Waals surface area contributed by atoms with Crippen molar-refractivity contribution in [2.45, 2.75) is 6.42 Å². The van der Waals surface area contributed by atoms with E-state index in [0.29, 0.717) is 17.8 Å². The largest absolute Gasteiger partial charge is 0.432 e. The molecule has 0 saturated heterocycles. The first-order valence-corrected chi connectivity index (χ1v) is 5.67. The predicted octanol–water partition coefficient (Wildman–Crippen LogP) is 1.49. The number of anilines is 1. The Morgan fingerprint density at radius 3 is 3.19 bits per heavy atom. The van der Waals surface area contributed by atoms with E-state index in [-0.39, 0.29) is 11.9 Å². The van der Waals surface area contributed by atoms with Gasteiger partial charge in [0.15, 0.2) is 0 Å². The zero-order chi connectivity index (χ0) is 11.4. The van der Waals surface area contributed by atoms with Crippen LogP contribution in [0.15, 0.2) is 28.2 Å². The van der Waals surface area contributed by atoms with E-state index in [9.17, 15) is 4.79 Å². The summed E-state index contributed by atoms with van der Waals surface area (Å²) in [6.07, 6.45) is 2.13. The fourth-order valence-electron chi connectivity index (χ4n) is 1.19. The molecule has 0 aliphatic carbocycles. The molecule has 0 unspecified atom stereocenters. The zero-order valence-corrected chi connectivity index (χ0v) is 9.29. The molecule has 0 aromatic carbocycles. The minimum atomic E-state index is -0.212. The van der Waals surface area contributed by atoms with Crippen molar-refractivity contribution >= 4 is 23.3 Å². The molecule has 6 heteroatoms. The molecule has 0 aliphatic heterocycles. The van der Waals surface area contributed by atoms with Gasteiger partial charge >= 0.3 is 6.01 Å². The van der Waals surface area contributed by atoms with E-state index < -0.39 is 0 Å². The third kappa shape index (κ3) is 2.47. The fourth-order valence-corrected chi connectivity index (χ4v) is 1.81. The van der Waals surface area contributed by atoms with Crippen molar-refractivity contribution < 1.29 is 9.21 Å². The van der Waals surface area contributed by atoms with Gasteiger partial charge in [-0.3, -0.25) is 10.1 Å². The van der Waals surface area contributed by atoms with Crippen molar-refractivity contribution in [3.8, 4) is 0 Å². The number of hydrogen-bond donors (Lipinski definition) is 2. The molecular weight excluding hydrogens is 226 g/mol. The number of oxazole rings is 1. The molecule has 16 heavy (non-hydrogen) atoms. The van der Waals surface area contributed by atoms with Crippen LogP contribution in [0.4, 0.5) is 6.01 Å². The molecule has 2 rings (SSSR count). The van der Waals surface area contributed by atoms with Crippen LogP contribution < -0.4 is 11.1 Å². The summed E-state index contributed by atoms with van der Waals surface area (Å²) in [5.41, 5.74) is 6.12. The molecule has 5 nitrogen and oxygen atoms in total. The number of amides is 1. The van der Waals surface area contributed by atoms with Gasteiger partial charge in [-0.25, -0.2) is 0 Å². The van der Waals surface area contributed by atoms with Crippen LogP contribution >= 0.6 is 11.3 Å². The highest BCUT2D eigenvalue weighted by Gasteiger charge is 2.10. The monoisotopic (exact) mass is 237 g/mol. The van der Waals surface area contributed by atoms with Gasteiger partial charge in [0.1, 0.15) is 6.26 Å². The topological polar surface area (TPSA) is 81.1 Å². The van der Waals surface area contributed by atoms with Crippen molar-refractivity contribution in [2.24, 2.45) is 5.73 Å². The van der Waals surface area contributed by atoms with Crippen LogP contribution in [-0.4, -0.2) is 17.4 Å². The van der Waals surface area contributed by atoms with E-state index in [2.05, 4.69) is 10.3 Å². The highest BCUT2D eigenvalue weighted by molar-refractivity contribution is 7.12. The summed E-state index contributed by atoms with van der Waals surface area (Å²) < 4.78 is 5.09. The molecule has 0 atom stereocenters. The van der Waals surface area contributed by atoms with Gasteiger partial charge < -0.3 is 10.2 Å². The number of rotatable bonds is 4. The average molecular weight is 237 g/mol. The summed E-state index contributed by atoms with van der Waals surface area (Å²) in [4.78, 5) is 16.3. The third-order valence-corrected chi connectivity index (χ3v) is 2.79. The van der Waals surface area contributed by atoms with Gasteiger partial charge in [0.2, 0.25) is 0 Å². The van der Waals surface area contributed by atoms with Crippen LogP contribution in [0.5, 0.6) is 0 Å². The number of carbonyl (C=O) groups excluding carboxylic acids is 1. The molecule has 0 saturated carbocycles. The number of nitrogens with two attached hydrogens (primary N) is 1. The molecule has 84 valence electrons. The van der Waals surface area contributed by atoms with Gasteiger partial charge in [-0.2, -0.15) is 4.98 Å². The first-order chi connectivity index (χ1) is 7.79. The van der Waals surface area contributed by atoms with E-state index in [0.717, 1.165) is 5.69 Å². The third-order valence-electron chi connectivity index (χ3n) is 1.92. The smallest absolute Gasteiger partial charge is 0.301 e. The van der Waals surface area contributed by atoms with Crippen LogP contribution in [0.25, 0.3) is 0 Å². The van der Waals surface area contributed by atoms with Gasteiger partial charge in [0.05, 0.1) is 10.6 Å². The SMILES string of the molecule is NCCc1coc(NC(=O)c2cccs2)n1. The minimum Gasteiger partial charge on any atom is -0.432 e. The standard InChI is InChI=1S/C10H11N3O2S/c11-4-3-7-6-15-10(12-7)13-9(14)8-2-1-5-16-8/h1-2,5-6H,3-4,11H2,(H,12,13,14). The Morgan fingerprint density at radius 2 is 2.50 bits per heavy atom. The molecule has 0 radical (unpaired) electrons. The van der Waals surface area contributed by atoms with E-state index >= 15 is 0 Å². The molecule has 2 aromatic heterocycles. The Morgan fingerprint density at radius 1 is 1.62 bits per heavy atom. The second kappa shape index (κ2) is 4.91. The van der Waals surface area contributed by atoms with Crippen molar-refractivity contribution in [2.75, 3.05) is 11.9 Å². The molecule has 3 N–H and O–H groups in total. The highest BCUT2D eigenvalue weighted by Crippen LogP contribution is 2.13. The van der Waals surface area contributed by atoms with Crippen LogP contribution in [-0.2, 0) is 6.42 Å². The number of aromatic nitrogens is 1. The lowest BCUT2D eigenvalue weighted by atomic mass is 10.3. The van der Waals surface area contributed by atoms with Gasteiger partial charge in [-0.1, -0.05) is 6.07 Å². The maximum Gasteiger partial charge on any atom is 0.301 e. The summed E-state index contributed by atoms with van der Waals surface area (Å²) in [6, 6.07) is 3.76. The molecule has 0 spiro atoms. The Bertz CT molecular complexity index is 464. The van der Waals surface area contributed by atoms with E-state index in [1.807, 2.05) is 11.4 Å². The Labute approximate surface area is 96.3 Å². The summed E-state index contributed by atoms with van der Waals surface area (Å²) in [7, 11) is 0. The molecule has 2 aromatic rings. The Balaban J connectivity index is 2.01. The number of nitrogens with one attached hydrogen (secondary N) is 1. The van der Waals surface area contributed by atoms with Crippen LogP contribution in [0.3, 0.4) is 0 Å². The Kier molecular flexibility index (Phi) is 3.33. The first kappa shape index (κ1) is 10.8. The number of thiophene rings is 1. The normalized spacial score (nSPS) is 10.3.